The maximum absolute atomic E-state index is 12.5. The van der Waals surface area contributed by atoms with Crippen LogP contribution in [0.25, 0.3) is 11.6 Å². The highest BCUT2D eigenvalue weighted by molar-refractivity contribution is 6.21. The topological polar surface area (TPSA) is 26.3 Å². The Morgan fingerprint density at radius 1 is 1.10 bits per heavy atom. The highest BCUT2D eigenvalue weighted by Crippen LogP contribution is 2.20. The minimum atomic E-state index is -0.750. The molecule has 108 valence electrons. The number of carbonyl (C=O) groups excluding carboxylic acids is 1. The zero-order valence-electron chi connectivity index (χ0n) is 11.8. The van der Waals surface area contributed by atoms with Gasteiger partial charge in [0.15, 0.2) is 0 Å². The number of benzene rings is 2. The summed E-state index contributed by atoms with van der Waals surface area (Å²) in [5, 5.41) is 0. The summed E-state index contributed by atoms with van der Waals surface area (Å²) in [6, 6.07) is 18.7. The number of halogens is 1. The number of hydrogen-bond donors (Lipinski definition) is 0. The molecule has 2 aromatic carbocycles. The van der Waals surface area contributed by atoms with Crippen molar-refractivity contribution in [2.45, 2.75) is 13.0 Å². The van der Waals surface area contributed by atoms with E-state index in [9.17, 15) is 9.18 Å². The highest BCUT2D eigenvalue weighted by atomic mass is 19.1. The molecule has 0 aliphatic heterocycles. The molecule has 21 heavy (non-hydrogen) atoms. The second-order valence-electron chi connectivity index (χ2n) is 4.70. The maximum Gasteiger partial charge on any atom is 0.339 e. The predicted molar refractivity (Wildman–Crippen MR) is 82.3 cm³/mol. The molecule has 1 atom stereocenters. The quantitative estimate of drug-likeness (QED) is 0.469. The van der Waals surface area contributed by atoms with Crippen molar-refractivity contribution < 1.29 is 13.9 Å². The van der Waals surface area contributed by atoms with Gasteiger partial charge in [-0.2, -0.15) is 0 Å². The van der Waals surface area contributed by atoms with E-state index in [1.807, 2.05) is 60.7 Å². The van der Waals surface area contributed by atoms with E-state index in [1.165, 1.54) is 6.92 Å². The molecule has 0 bridgehead atoms. The van der Waals surface area contributed by atoms with Crippen molar-refractivity contribution in [3.63, 3.8) is 0 Å². The molecular weight excluding hydrogens is 267 g/mol. The van der Waals surface area contributed by atoms with Crippen LogP contribution in [0.1, 0.15) is 18.1 Å². The zero-order valence-corrected chi connectivity index (χ0v) is 11.8. The molecule has 2 rings (SSSR count). The molecule has 0 aromatic heterocycles. The van der Waals surface area contributed by atoms with Gasteiger partial charge in [0.25, 0.3) is 0 Å². The van der Waals surface area contributed by atoms with Crippen molar-refractivity contribution in [2.75, 3.05) is 6.67 Å². The lowest BCUT2D eigenvalue weighted by molar-refractivity contribution is -0.141. The first-order valence-corrected chi connectivity index (χ1v) is 6.80. The Bertz CT molecular complexity index is 606. The standard InChI is InChI=1S/C18H17FO2/c1-14(13-19)21-18(20)17(16-10-6-3-7-11-16)12-15-8-4-2-5-9-15/h2-12,14H,13H2,1H3/b17-12+. The van der Waals surface area contributed by atoms with Gasteiger partial charge in [-0.05, 0) is 24.1 Å². The molecule has 2 nitrogen and oxygen atoms in total. The van der Waals surface area contributed by atoms with Crippen molar-refractivity contribution in [3.05, 3.63) is 71.8 Å². The van der Waals surface area contributed by atoms with Gasteiger partial charge in [0.1, 0.15) is 12.8 Å². The van der Waals surface area contributed by atoms with Crippen molar-refractivity contribution in [1.29, 1.82) is 0 Å². The van der Waals surface area contributed by atoms with Crippen LogP contribution in [0.15, 0.2) is 60.7 Å². The lowest BCUT2D eigenvalue weighted by Gasteiger charge is -2.12. The van der Waals surface area contributed by atoms with E-state index in [1.54, 1.807) is 6.08 Å². The van der Waals surface area contributed by atoms with Gasteiger partial charge in [0.05, 0.1) is 5.57 Å². The van der Waals surface area contributed by atoms with Gasteiger partial charge in [-0.15, -0.1) is 0 Å². The number of hydrogen-bond acceptors (Lipinski definition) is 2. The summed E-state index contributed by atoms with van der Waals surface area (Å²) < 4.78 is 17.6. The third kappa shape index (κ3) is 4.28. The lowest BCUT2D eigenvalue weighted by Crippen LogP contribution is -2.17. The van der Waals surface area contributed by atoms with Crippen molar-refractivity contribution in [2.24, 2.45) is 0 Å². The van der Waals surface area contributed by atoms with E-state index in [4.69, 9.17) is 4.74 Å². The number of alkyl halides is 1. The molecule has 0 heterocycles. The number of carbonyl (C=O) groups is 1. The van der Waals surface area contributed by atoms with E-state index in [2.05, 4.69) is 0 Å². The second kappa shape index (κ2) is 7.39. The Kier molecular flexibility index (Phi) is 5.27. The molecule has 0 aliphatic carbocycles. The molecule has 0 radical (unpaired) electrons. The third-order valence-electron chi connectivity index (χ3n) is 2.94. The van der Waals surface area contributed by atoms with E-state index in [0.717, 1.165) is 11.1 Å². The third-order valence-corrected chi connectivity index (χ3v) is 2.94. The first-order valence-electron chi connectivity index (χ1n) is 6.80. The van der Waals surface area contributed by atoms with E-state index >= 15 is 0 Å². The summed E-state index contributed by atoms with van der Waals surface area (Å²) in [5.41, 5.74) is 2.06. The molecule has 0 aliphatic rings. The Balaban J connectivity index is 2.36. The fourth-order valence-electron chi connectivity index (χ4n) is 1.87. The van der Waals surface area contributed by atoms with Crippen LogP contribution in [0.5, 0.6) is 0 Å². The van der Waals surface area contributed by atoms with Gasteiger partial charge in [-0.1, -0.05) is 60.7 Å². The van der Waals surface area contributed by atoms with Gasteiger partial charge in [-0.25, -0.2) is 9.18 Å². The van der Waals surface area contributed by atoms with Gasteiger partial charge in [0.2, 0.25) is 0 Å². The predicted octanol–water partition coefficient (Wildman–Crippen LogP) is 4.13. The Hall–Kier alpha value is -2.42. The summed E-state index contributed by atoms with van der Waals surface area (Å²) in [5.74, 6) is -0.518. The van der Waals surface area contributed by atoms with Gasteiger partial charge in [0, 0.05) is 0 Å². The van der Waals surface area contributed by atoms with Gasteiger partial charge >= 0.3 is 5.97 Å². The smallest absolute Gasteiger partial charge is 0.339 e. The lowest BCUT2D eigenvalue weighted by atomic mass is 10.0. The molecule has 0 amide bonds. The Labute approximate surface area is 123 Å². The summed E-state index contributed by atoms with van der Waals surface area (Å²) in [6.07, 6.45) is 1.00. The summed E-state index contributed by atoms with van der Waals surface area (Å²) >= 11 is 0. The monoisotopic (exact) mass is 284 g/mol. The van der Waals surface area contributed by atoms with Crippen molar-refractivity contribution >= 4 is 17.6 Å². The molecule has 1 unspecified atom stereocenters. The molecule has 0 saturated carbocycles. The van der Waals surface area contributed by atoms with E-state index < -0.39 is 18.7 Å². The SMILES string of the molecule is CC(CF)OC(=O)/C(=C/c1ccccc1)c1ccccc1. The molecule has 0 saturated heterocycles. The fraction of sp³-hybridized carbons (Fsp3) is 0.167. The minimum absolute atomic E-state index is 0.419. The van der Waals surface area contributed by atoms with Crippen LogP contribution in [0, 0.1) is 0 Å². The summed E-state index contributed by atoms with van der Waals surface area (Å²) in [4.78, 5) is 12.3. The first kappa shape index (κ1) is 15.0. The number of ether oxygens (including phenoxy) is 1. The van der Waals surface area contributed by atoms with Crippen LogP contribution in [-0.4, -0.2) is 18.7 Å². The Morgan fingerprint density at radius 3 is 2.24 bits per heavy atom. The molecule has 0 spiro atoms. The Morgan fingerprint density at radius 2 is 1.67 bits per heavy atom. The van der Waals surface area contributed by atoms with Crippen LogP contribution in [0.3, 0.4) is 0 Å². The van der Waals surface area contributed by atoms with E-state index in [0.29, 0.717) is 5.57 Å². The average molecular weight is 284 g/mol. The molecule has 3 heteroatoms. The van der Waals surface area contributed by atoms with Crippen molar-refractivity contribution in [1.82, 2.24) is 0 Å². The molecule has 0 fully saturated rings. The van der Waals surface area contributed by atoms with E-state index in [-0.39, 0.29) is 0 Å². The maximum atomic E-state index is 12.5. The molecule has 0 N–H and O–H groups in total. The number of esters is 1. The van der Waals surface area contributed by atoms with Crippen LogP contribution in [0.2, 0.25) is 0 Å². The first-order chi connectivity index (χ1) is 10.2. The van der Waals surface area contributed by atoms with Crippen LogP contribution in [0.4, 0.5) is 4.39 Å². The second-order valence-corrected chi connectivity index (χ2v) is 4.70. The number of rotatable bonds is 5. The van der Waals surface area contributed by atoms with Crippen molar-refractivity contribution in [3.8, 4) is 0 Å². The summed E-state index contributed by atoms with van der Waals surface area (Å²) in [7, 11) is 0. The average Bonchev–Trinajstić information content (AvgIpc) is 2.54. The molecule has 2 aromatic rings. The summed E-state index contributed by atoms with van der Waals surface area (Å²) in [6.45, 7) is 0.835. The van der Waals surface area contributed by atoms with Crippen LogP contribution in [-0.2, 0) is 9.53 Å². The largest absolute Gasteiger partial charge is 0.456 e. The molecular formula is C18H17FO2. The highest BCUT2D eigenvalue weighted by Gasteiger charge is 2.16. The van der Waals surface area contributed by atoms with Crippen LogP contribution < -0.4 is 0 Å². The van der Waals surface area contributed by atoms with Gasteiger partial charge in [-0.3, -0.25) is 0 Å². The van der Waals surface area contributed by atoms with Crippen LogP contribution >= 0.6 is 0 Å². The zero-order chi connectivity index (χ0) is 15.1. The normalized spacial score (nSPS) is 12.8. The minimum Gasteiger partial charge on any atom is -0.456 e. The van der Waals surface area contributed by atoms with Gasteiger partial charge < -0.3 is 4.74 Å². The fourth-order valence-corrected chi connectivity index (χ4v) is 1.87.